The van der Waals surface area contributed by atoms with Crippen molar-refractivity contribution >= 4 is 5.97 Å². The molecule has 0 aromatic rings. The molecule has 0 amide bonds. The molecule has 11 heavy (non-hydrogen) atoms. The fourth-order valence-electron chi connectivity index (χ4n) is 1.33. The number of β-amino-alcohol motifs (C(OH)–C–C–N with tert-alkyl or cyclic N) is 1. The first-order chi connectivity index (χ1) is 5.15. The molecule has 0 spiro atoms. The molecule has 0 aromatic heterocycles. The van der Waals surface area contributed by atoms with Gasteiger partial charge in [0.25, 0.3) is 0 Å². The van der Waals surface area contributed by atoms with Crippen LogP contribution in [0.4, 0.5) is 0 Å². The number of rotatable bonds is 3. The molecule has 1 aliphatic rings. The van der Waals surface area contributed by atoms with Crippen molar-refractivity contribution in [3.05, 3.63) is 0 Å². The van der Waals surface area contributed by atoms with Gasteiger partial charge in [0.2, 0.25) is 0 Å². The Labute approximate surface area is 65.4 Å². The van der Waals surface area contributed by atoms with Crippen LogP contribution >= 0.6 is 0 Å². The lowest BCUT2D eigenvalue weighted by atomic mass is 10.1. The molecular formula is C7H13NO3. The highest BCUT2D eigenvalue weighted by molar-refractivity contribution is 5.73. The fourth-order valence-corrected chi connectivity index (χ4v) is 1.33. The number of carbonyl (C=O) groups is 1. The molecule has 0 unspecified atom stereocenters. The molecule has 4 nitrogen and oxygen atoms in total. The van der Waals surface area contributed by atoms with Crippen molar-refractivity contribution in [2.75, 3.05) is 13.1 Å². The van der Waals surface area contributed by atoms with Gasteiger partial charge in [0.15, 0.2) is 0 Å². The molecule has 0 saturated carbocycles. The summed E-state index contributed by atoms with van der Waals surface area (Å²) in [5, 5.41) is 17.6. The van der Waals surface area contributed by atoms with E-state index in [1.54, 1.807) is 4.90 Å². The van der Waals surface area contributed by atoms with Gasteiger partial charge < -0.3 is 10.2 Å². The maximum Gasteiger partial charge on any atom is 0.320 e. The zero-order valence-electron chi connectivity index (χ0n) is 6.53. The van der Waals surface area contributed by atoms with E-state index in [0.717, 1.165) is 0 Å². The molecule has 1 rings (SSSR count). The topological polar surface area (TPSA) is 60.8 Å². The quantitative estimate of drug-likeness (QED) is 0.584. The number of aliphatic hydroxyl groups excluding tert-OH is 1. The summed E-state index contributed by atoms with van der Waals surface area (Å²) in [5.41, 5.74) is 0. The number of hydrogen-bond donors (Lipinski definition) is 2. The molecule has 1 atom stereocenters. The van der Waals surface area contributed by atoms with E-state index in [1.807, 2.05) is 6.92 Å². The molecule has 1 heterocycles. The smallest absolute Gasteiger partial charge is 0.320 e. The van der Waals surface area contributed by atoms with Crippen molar-refractivity contribution in [1.29, 1.82) is 0 Å². The van der Waals surface area contributed by atoms with Gasteiger partial charge in [-0.15, -0.1) is 0 Å². The van der Waals surface area contributed by atoms with Crippen molar-refractivity contribution in [2.24, 2.45) is 0 Å². The predicted molar refractivity (Wildman–Crippen MR) is 39.3 cm³/mol. The normalized spacial score (nSPS) is 22.7. The molecule has 2 N–H and O–H groups in total. The SMILES string of the molecule is CC[C@H](C(=O)O)N1CC(O)C1. The second-order valence-electron chi connectivity index (χ2n) is 2.87. The van der Waals surface area contributed by atoms with Crippen LogP contribution in [0, 0.1) is 0 Å². The van der Waals surface area contributed by atoms with E-state index in [1.165, 1.54) is 0 Å². The third kappa shape index (κ3) is 1.70. The Balaban J connectivity index is 2.38. The molecular weight excluding hydrogens is 146 g/mol. The van der Waals surface area contributed by atoms with Gasteiger partial charge >= 0.3 is 5.97 Å². The van der Waals surface area contributed by atoms with Crippen molar-refractivity contribution in [3.63, 3.8) is 0 Å². The highest BCUT2D eigenvalue weighted by atomic mass is 16.4. The Morgan fingerprint density at radius 2 is 2.27 bits per heavy atom. The number of carboxylic acids is 1. The Bertz CT molecular complexity index is 154. The molecule has 0 bridgehead atoms. The van der Waals surface area contributed by atoms with Crippen molar-refractivity contribution in [2.45, 2.75) is 25.5 Å². The van der Waals surface area contributed by atoms with Crippen LogP contribution in [0.25, 0.3) is 0 Å². The highest BCUT2D eigenvalue weighted by Gasteiger charge is 2.33. The third-order valence-corrected chi connectivity index (χ3v) is 2.00. The third-order valence-electron chi connectivity index (χ3n) is 2.00. The zero-order valence-corrected chi connectivity index (χ0v) is 6.53. The number of carboxylic acid groups (broad SMARTS) is 1. The van der Waals surface area contributed by atoms with Crippen LogP contribution in [-0.4, -0.2) is 46.3 Å². The van der Waals surface area contributed by atoms with E-state index >= 15 is 0 Å². The Morgan fingerprint density at radius 1 is 1.73 bits per heavy atom. The van der Waals surface area contributed by atoms with Crippen LogP contribution in [0.2, 0.25) is 0 Å². The largest absolute Gasteiger partial charge is 0.480 e. The Hall–Kier alpha value is -0.610. The first-order valence-corrected chi connectivity index (χ1v) is 3.80. The number of likely N-dealkylation sites (tertiary alicyclic amines) is 1. The van der Waals surface area contributed by atoms with Gasteiger partial charge in [0.1, 0.15) is 6.04 Å². The molecule has 0 aromatic carbocycles. The molecule has 1 aliphatic heterocycles. The van der Waals surface area contributed by atoms with E-state index in [9.17, 15) is 4.79 Å². The molecule has 64 valence electrons. The molecule has 0 radical (unpaired) electrons. The molecule has 4 heteroatoms. The van der Waals surface area contributed by atoms with Gasteiger partial charge in [-0.2, -0.15) is 0 Å². The monoisotopic (exact) mass is 159 g/mol. The standard InChI is InChI=1S/C7H13NO3/c1-2-6(7(10)11)8-3-5(9)4-8/h5-6,9H,2-4H2,1H3,(H,10,11)/t6-/m1/s1. The molecule has 0 aliphatic carbocycles. The van der Waals surface area contributed by atoms with Crippen LogP contribution in [-0.2, 0) is 4.79 Å². The summed E-state index contributed by atoms with van der Waals surface area (Å²) >= 11 is 0. The van der Waals surface area contributed by atoms with Gasteiger partial charge in [0.05, 0.1) is 6.10 Å². The number of aliphatic carboxylic acids is 1. The minimum Gasteiger partial charge on any atom is -0.480 e. The lowest BCUT2D eigenvalue weighted by Gasteiger charge is -2.39. The van der Waals surface area contributed by atoms with Crippen LogP contribution in [0.5, 0.6) is 0 Å². The summed E-state index contributed by atoms with van der Waals surface area (Å²) in [6.45, 7) is 2.85. The van der Waals surface area contributed by atoms with E-state index in [-0.39, 0.29) is 6.10 Å². The Morgan fingerprint density at radius 3 is 2.55 bits per heavy atom. The summed E-state index contributed by atoms with van der Waals surface area (Å²) in [5.74, 6) is -0.792. The minimum atomic E-state index is -0.792. The Kier molecular flexibility index (Phi) is 2.46. The number of hydrogen-bond acceptors (Lipinski definition) is 3. The summed E-state index contributed by atoms with van der Waals surface area (Å²) in [7, 11) is 0. The van der Waals surface area contributed by atoms with Crippen molar-refractivity contribution < 1.29 is 15.0 Å². The second kappa shape index (κ2) is 3.19. The minimum absolute atomic E-state index is 0.316. The van der Waals surface area contributed by atoms with Gasteiger partial charge in [-0.05, 0) is 6.42 Å². The zero-order chi connectivity index (χ0) is 8.43. The fraction of sp³-hybridized carbons (Fsp3) is 0.857. The highest BCUT2D eigenvalue weighted by Crippen LogP contribution is 2.14. The van der Waals surface area contributed by atoms with Gasteiger partial charge in [0, 0.05) is 13.1 Å². The summed E-state index contributed by atoms with van der Waals surface area (Å²) in [6, 6.07) is -0.404. The summed E-state index contributed by atoms with van der Waals surface area (Å²) in [4.78, 5) is 12.3. The van der Waals surface area contributed by atoms with Crippen LogP contribution in [0.15, 0.2) is 0 Å². The van der Waals surface area contributed by atoms with Gasteiger partial charge in [-0.25, -0.2) is 0 Å². The maximum atomic E-state index is 10.5. The lowest BCUT2D eigenvalue weighted by molar-refractivity contribution is -0.148. The average molecular weight is 159 g/mol. The van der Waals surface area contributed by atoms with Gasteiger partial charge in [-0.1, -0.05) is 6.92 Å². The average Bonchev–Trinajstić information content (AvgIpc) is 1.85. The van der Waals surface area contributed by atoms with E-state index in [0.29, 0.717) is 19.5 Å². The maximum absolute atomic E-state index is 10.5. The van der Waals surface area contributed by atoms with E-state index < -0.39 is 12.0 Å². The summed E-state index contributed by atoms with van der Waals surface area (Å²) in [6.07, 6.45) is 0.283. The van der Waals surface area contributed by atoms with Crippen molar-refractivity contribution in [1.82, 2.24) is 4.90 Å². The molecule has 1 saturated heterocycles. The van der Waals surface area contributed by atoms with Crippen molar-refractivity contribution in [3.8, 4) is 0 Å². The lowest BCUT2D eigenvalue weighted by Crippen LogP contribution is -2.57. The first-order valence-electron chi connectivity index (χ1n) is 3.80. The predicted octanol–water partition coefficient (Wildman–Crippen LogP) is -0.474. The number of aliphatic hydroxyl groups is 1. The van der Waals surface area contributed by atoms with Crippen LogP contribution in [0.3, 0.4) is 0 Å². The first kappa shape index (κ1) is 8.49. The second-order valence-corrected chi connectivity index (χ2v) is 2.87. The van der Waals surface area contributed by atoms with Crippen LogP contribution < -0.4 is 0 Å². The summed E-state index contributed by atoms with van der Waals surface area (Å²) < 4.78 is 0. The van der Waals surface area contributed by atoms with Crippen LogP contribution in [0.1, 0.15) is 13.3 Å². The van der Waals surface area contributed by atoms with E-state index in [2.05, 4.69) is 0 Å². The van der Waals surface area contributed by atoms with Gasteiger partial charge in [-0.3, -0.25) is 9.69 Å². The number of nitrogens with zero attached hydrogens (tertiary/aromatic N) is 1. The van der Waals surface area contributed by atoms with E-state index in [4.69, 9.17) is 10.2 Å². The molecule has 1 fully saturated rings.